The van der Waals surface area contributed by atoms with Crippen molar-refractivity contribution in [1.29, 1.82) is 0 Å². The Bertz CT molecular complexity index is 418. The molecule has 1 aromatic rings. The quantitative estimate of drug-likeness (QED) is 0.784. The molecule has 5 heteroatoms. The second-order valence-electron chi connectivity index (χ2n) is 4.91. The summed E-state index contributed by atoms with van der Waals surface area (Å²) in [5.74, 6) is -1.02. The van der Waals surface area contributed by atoms with Crippen molar-refractivity contribution in [2.24, 2.45) is 5.92 Å². The van der Waals surface area contributed by atoms with Crippen LogP contribution in [0.3, 0.4) is 0 Å². The van der Waals surface area contributed by atoms with E-state index in [0.29, 0.717) is 12.8 Å². The predicted molar refractivity (Wildman–Crippen MR) is 71.6 cm³/mol. The SMILES string of the molecule is CC(C)C[C@H](NC(=O)CCc1ccccn1)C(=O)O. The van der Waals surface area contributed by atoms with Crippen LogP contribution in [0.25, 0.3) is 0 Å². The Kier molecular flexibility index (Phi) is 5.99. The van der Waals surface area contributed by atoms with Gasteiger partial charge >= 0.3 is 5.97 Å². The molecule has 104 valence electrons. The lowest BCUT2D eigenvalue weighted by molar-refractivity contribution is -0.142. The van der Waals surface area contributed by atoms with Crippen molar-refractivity contribution in [2.45, 2.75) is 39.2 Å². The molecule has 0 bridgehead atoms. The minimum Gasteiger partial charge on any atom is -0.480 e. The number of carboxylic acids is 1. The number of carbonyl (C=O) groups is 2. The zero-order valence-electron chi connectivity index (χ0n) is 11.3. The number of hydrogen-bond acceptors (Lipinski definition) is 3. The first-order chi connectivity index (χ1) is 8.99. The summed E-state index contributed by atoms with van der Waals surface area (Å²) in [6, 6.07) is 4.71. The normalized spacial score (nSPS) is 12.2. The summed E-state index contributed by atoms with van der Waals surface area (Å²) in [6.07, 6.45) is 2.87. The van der Waals surface area contributed by atoms with Crippen LogP contribution in [-0.4, -0.2) is 28.0 Å². The summed E-state index contributed by atoms with van der Waals surface area (Å²) in [6.45, 7) is 3.85. The van der Waals surface area contributed by atoms with Gasteiger partial charge in [-0.2, -0.15) is 0 Å². The van der Waals surface area contributed by atoms with Crippen LogP contribution in [0.4, 0.5) is 0 Å². The van der Waals surface area contributed by atoms with E-state index >= 15 is 0 Å². The van der Waals surface area contributed by atoms with Gasteiger partial charge in [-0.05, 0) is 30.9 Å². The molecule has 5 nitrogen and oxygen atoms in total. The number of aryl methyl sites for hydroxylation is 1. The first-order valence-electron chi connectivity index (χ1n) is 6.41. The molecule has 1 atom stereocenters. The van der Waals surface area contributed by atoms with Crippen molar-refractivity contribution in [2.75, 3.05) is 0 Å². The van der Waals surface area contributed by atoms with Crippen LogP contribution < -0.4 is 5.32 Å². The highest BCUT2D eigenvalue weighted by Gasteiger charge is 2.20. The fourth-order valence-corrected chi connectivity index (χ4v) is 1.75. The van der Waals surface area contributed by atoms with Crippen molar-refractivity contribution in [3.8, 4) is 0 Å². The van der Waals surface area contributed by atoms with Gasteiger partial charge in [0.2, 0.25) is 5.91 Å². The van der Waals surface area contributed by atoms with Gasteiger partial charge in [0.25, 0.3) is 0 Å². The molecule has 0 aromatic carbocycles. The summed E-state index contributed by atoms with van der Waals surface area (Å²) in [5.41, 5.74) is 0.827. The Labute approximate surface area is 113 Å². The summed E-state index contributed by atoms with van der Waals surface area (Å²) < 4.78 is 0. The van der Waals surface area contributed by atoms with Gasteiger partial charge in [0.15, 0.2) is 0 Å². The monoisotopic (exact) mass is 264 g/mol. The van der Waals surface area contributed by atoms with E-state index in [9.17, 15) is 9.59 Å². The number of hydrogen-bond donors (Lipinski definition) is 2. The van der Waals surface area contributed by atoms with Gasteiger partial charge in [-0.15, -0.1) is 0 Å². The summed E-state index contributed by atoms with van der Waals surface area (Å²) >= 11 is 0. The Morgan fingerprint density at radius 3 is 2.63 bits per heavy atom. The number of rotatable bonds is 7. The third kappa shape index (κ3) is 5.99. The fourth-order valence-electron chi connectivity index (χ4n) is 1.75. The summed E-state index contributed by atoms with van der Waals surface area (Å²) in [7, 11) is 0. The van der Waals surface area contributed by atoms with Crippen LogP contribution >= 0.6 is 0 Å². The molecule has 1 heterocycles. The van der Waals surface area contributed by atoms with Crippen LogP contribution in [0.5, 0.6) is 0 Å². The van der Waals surface area contributed by atoms with Crippen molar-refractivity contribution < 1.29 is 14.7 Å². The molecule has 0 spiro atoms. The van der Waals surface area contributed by atoms with Crippen LogP contribution in [0.2, 0.25) is 0 Å². The van der Waals surface area contributed by atoms with Gasteiger partial charge in [0.05, 0.1) is 0 Å². The molecule has 0 unspecified atom stereocenters. The maximum Gasteiger partial charge on any atom is 0.326 e. The van der Waals surface area contributed by atoms with E-state index in [2.05, 4.69) is 10.3 Å². The predicted octanol–water partition coefficient (Wildman–Crippen LogP) is 1.63. The van der Waals surface area contributed by atoms with Crippen LogP contribution in [0.15, 0.2) is 24.4 Å². The molecule has 0 aliphatic carbocycles. The zero-order valence-corrected chi connectivity index (χ0v) is 11.3. The van der Waals surface area contributed by atoms with Crippen LogP contribution in [0, 0.1) is 5.92 Å². The number of nitrogens with zero attached hydrogens (tertiary/aromatic N) is 1. The molecule has 1 rings (SSSR count). The van der Waals surface area contributed by atoms with E-state index in [1.165, 1.54) is 0 Å². The largest absolute Gasteiger partial charge is 0.480 e. The zero-order chi connectivity index (χ0) is 14.3. The van der Waals surface area contributed by atoms with E-state index in [1.54, 1.807) is 6.20 Å². The highest BCUT2D eigenvalue weighted by Crippen LogP contribution is 2.06. The highest BCUT2D eigenvalue weighted by molar-refractivity contribution is 5.83. The summed E-state index contributed by atoms with van der Waals surface area (Å²) in [5, 5.41) is 11.6. The minimum atomic E-state index is -0.986. The number of aromatic nitrogens is 1. The first-order valence-corrected chi connectivity index (χ1v) is 6.41. The van der Waals surface area contributed by atoms with Gasteiger partial charge in [0, 0.05) is 18.3 Å². The van der Waals surface area contributed by atoms with E-state index in [1.807, 2.05) is 32.0 Å². The van der Waals surface area contributed by atoms with Gasteiger partial charge in [-0.25, -0.2) is 4.79 Å². The lowest BCUT2D eigenvalue weighted by Gasteiger charge is -2.16. The van der Waals surface area contributed by atoms with Crippen LogP contribution in [0.1, 0.15) is 32.4 Å². The van der Waals surface area contributed by atoms with Crippen molar-refractivity contribution in [3.63, 3.8) is 0 Å². The standard InChI is InChI=1S/C14H20N2O3/c1-10(2)9-12(14(18)19)16-13(17)7-6-11-5-3-4-8-15-11/h3-5,8,10,12H,6-7,9H2,1-2H3,(H,16,17)(H,18,19)/t12-/m0/s1. The Balaban J connectivity index is 2.42. The van der Waals surface area contributed by atoms with E-state index in [-0.39, 0.29) is 18.2 Å². The molecule has 2 N–H and O–H groups in total. The highest BCUT2D eigenvalue weighted by atomic mass is 16.4. The molecule has 19 heavy (non-hydrogen) atoms. The third-order valence-corrected chi connectivity index (χ3v) is 2.67. The molecule has 0 fully saturated rings. The molecule has 1 amide bonds. The molecular formula is C14H20N2O3. The Morgan fingerprint density at radius 2 is 2.11 bits per heavy atom. The molecule has 0 aliphatic rings. The maximum atomic E-state index is 11.7. The fraction of sp³-hybridized carbons (Fsp3) is 0.500. The third-order valence-electron chi connectivity index (χ3n) is 2.67. The number of carbonyl (C=O) groups excluding carboxylic acids is 1. The second-order valence-corrected chi connectivity index (χ2v) is 4.91. The number of nitrogens with one attached hydrogen (secondary N) is 1. The van der Waals surface area contributed by atoms with Gasteiger partial charge < -0.3 is 10.4 Å². The molecule has 0 saturated carbocycles. The van der Waals surface area contributed by atoms with Crippen molar-refractivity contribution in [3.05, 3.63) is 30.1 Å². The van der Waals surface area contributed by atoms with Gasteiger partial charge in [0.1, 0.15) is 6.04 Å². The van der Waals surface area contributed by atoms with Crippen molar-refractivity contribution in [1.82, 2.24) is 10.3 Å². The molecular weight excluding hydrogens is 244 g/mol. The molecule has 1 aromatic heterocycles. The maximum absolute atomic E-state index is 11.7. The minimum absolute atomic E-state index is 0.220. The Hall–Kier alpha value is -1.91. The topological polar surface area (TPSA) is 79.3 Å². The number of amides is 1. The van der Waals surface area contributed by atoms with Gasteiger partial charge in [-0.1, -0.05) is 19.9 Å². The molecule has 0 aliphatic heterocycles. The van der Waals surface area contributed by atoms with Crippen molar-refractivity contribution >= 4 is 11.9 Å². The van der Waals surface area contributed by atoms with Crippen LogP contribution in [-0.2, 0) is 16.0 Å². The number of pyridine rings is 1. The molecule has 0 radical (unpaired) electrons. The lowest BCUT2D eigenvalue weighted by atomic mass is 10.0. The average Bonchev–Trinajstić information content (AvgIpc) is 2.36. The number of aliphatic carboxylic acids is 1. The number of carboxylic acid groups (broad SMARTS) is 1. The van der Waals surface area contributed by atoms with E-state index in [0.717, 1.165) is 5.69 Å². The average molecular weight is 264 g/mol. The molecule has 0 saturated heterocycles. The first kappa shape index (κ1) is 15.1. The smallest absolute Gasteiger partial charge is 0.326 e. The Morgan fingerprint density at radius 1 is 1.37 bits per heavy atom. The van der Waals surface area contributed by atoms with E-state index < -0.39 is 12.0 Å². The van der Waals surface area contributed by atoms with E-state index in [4.69, 9.17) is 5.11 Å². The van der Waals surface area contributed by atoms with Gasteiger partial charge in [-0.3, -0.25) is 9.78 Å². The summed E-state index contributed by atoms with van der Waals surface area (Å²) in [4.78, 5) is 26.8. The second kappa shape index (κ2) is 7.51. The lowest BCUT2D eigenvalue weighted by Crippen LogP contribution is -2.41.